The Morgan fingerprint density at radius 2 is 1.84 bits per heavy atom. The Morgan fingerprint density at radius 3 is 2.56 bits per heavy atom. The highest BCUT2D eigenvalue weighted by Crippen LogP contribution is 2.29. The maximum atomic E-state index is 14.0. The summed E-state index contributed by atoms with van der Waals surface area (Å²) in [5.41, 5.74) is 1.18. The third-order valence-corrected chi connectivity index (χ3v) is 6.61. The van der Waals surface area contributed by atoms with Crippen LogP contribution in [0.4, 0.5) is 8.78 Å². The molecule has 0 bridgehead atoms. The van der Waals surface area contributed by atoms with Crippen molar-refractivity contribution in [3.05, 3.63) is 82.7 Å². The number of carbonyl (C=O) groups excluding carboxylic acids is 2. The number of halogens is 2. The predicted octanol–water partition coefficient (Wildman–Crippen LogP) is 5.29. The van der Waals surface area contributed by atoms with Crippen LogP contribution >= 0.6 is 11.8 Å². The standard InChI is InChI=1S/C24H22F2N2O3S/c1-15-12-18(31-27-15)14-32-22-5-3-2-4-19(22)24(30)28-10-8-16(9-11-28)23(29)20-13-17(25)6-7-21(20)26/h2-7,12-13,16H,8-11,14H2,1H3. The number of hydrogen-bond donors (Lipinski definition) is 0. The Bertz CT molecular complexity index is 1140. The van der Waals surface area contributed by atoms with E-state index in [-0.39, 0.29) is 11.5 Å². The second-order valence-corrected chi connectivity index (χ2v) is 8.79. The molecule has 1 fully saturated rings. The maximum absolute atomic E-state index is 14.0. The first-order valence-corrected chi connectivity index (χ1v) is 11.3. The summed E-state index contributed by atoms with van der Waals surface area (Å²) in [6, 6.07) is 12.1. The molecule has 5 nitrogen and oxygen atoms in total. The van der Waals surface area contributed by atoms with E-state index in [9.17, 15) is 18.4 Å². The Labute approximate surface area is 188 Å². The van der Waals surface area contributed by atoms with Gasteiger partial charge in [-0.2, -0.15) is 0 Å². The molecule has 0 saturated carbocycles. The average Bonchev–Trinajstić information content (AvgIpc) is 3.23. The van der Waals surface area contributed by atoms with E-state index in [0.717, 1.165) is 34.5 Å². The third-order valence-electron chi connectivity index (χ3n) is 5.51. The SMILES string of the molecule is Cc1cc(CSc2ccccc2C(=O)N2CCC(C(=O)c3cc(F)ccc3F)CC2)on1. The number of aromatic nitrogens is 1. The molecular weight excluding hydrogens is 434 g/mol. The lowest BCUT2D eigenvalue weighted by Gasteiger charge is -2.32. The smallest absolute Gasteiger partial charge is 0.254 e. The van der Waals surface area contributed by atoms with E-state index in [0.29, 0.717) is 37.2 Å². The highest BCUT2D eigenvalue weighted by atomic mass is 32.2. The number of Topliss-reactive ketones (excluding diaryl/α,β-unsaturated/α-hetero) is 1. The third kappa shape index (κ3) is 4.91. The topological polar surface area (TPSA) is 63.4 Å². The molecule has 0 atom stereocenters. The summed E-state index contributed by atoms with van der Waals surface area (Å²) in [6.07, 6.45) is 0.820. The summed E-state index contributed by atoms with van der Waals surface area (Å²) in [6.45, 7) is 2.62. The summed E-state index contributed by atoms with van der Waals surface area (Å²) in [5.74, 6) is -1.02. The van der Waals surface area contributed by atoms with Crippen molar-refractivity contribution in [1.82, 2.24) is 10.1 Å². The van der Waals surface area contributed by atoms with Gasteiger partial charge in [-0.25, -0.2) is 8.78 Å². The van der Waals surface area contributed by atoms with Gasteiger partial charge in [-0.05, 0) is 50.1 Å². The van der Waals surface area contributed by atoms with Gasteiger partial charge in [0.1, 0.15) is 17.4 Å². The van der Waals surface area contributed by atoms with E-state index in [1.54, 1.807) is 11.0 Å². The van der Waals surface area contributed by atoms with Crippen LogP contribution in [0, 0.1) is 24.5 Å². The van der Waals surface area contributed by atoms with Gasteiger partial charge >= 0.3 is 0 Å². The summed E-state index contributed by atoms with van der Waals surface area (Å²) in [4.78, 5) is 28.4. The zero-order valence-corrected chi connectivity index (χ0v) is 18.3. The molecule has 1 saturated heterocycles. The Kier molecular flexibility index (Phi) is 6.69. The van der Waals surface area contributed by atoms with Crippen molar-refractivity contribution in [2.75, 3.05) is 13.1 Å². The van der Waals surface area contributed by atoms with Crippen LogP contribution in [0.2, 0.25) is 0 Å². The van der Waals surface area contributed by atoms with Gasteiger partial charge in [0.05, 0.1) is 22.6 Å². The van der Waals surface area contributed by atoms with Gasteiger partial charge in [0.15, 0.2) is 5.78 Å². The monoisotopic (exact) mass is 456 g/mol. The first-order valence-electron chi connectivity index (χ1n) is 10.3. The number of carbonyl (C=O) groups is 2. The molecule has 1 amide bonds. The Morgan fingerprint density at radius 1 is 1.09 bits per heavy atom. The van der Waals surface area contributed by atoms with Gasteiger partial charge in [0, 0.05) is 30.0 Å². The molecule has 166 valence electrons. The van der Waals surface area contributed by atoms with Crippen molar-refractivity contribution in [3.63, 3.8) is 0 Å². The second-order valence-electron chi connectivity index (χ2n) is 7.77. The van der Waals surface area contributed by atoms with Crippen LogP contribution in [-0.4, -0.2) is 34.8 Å². The van der Waals surface area contributed by atoms with Gasteiger partial charge in [0.2, 0.25) is 0 Å². The molecule has 8 heteroatoms. The van der Waals surface area contributed by atoms with Gasteiger partial charge in [0.25, 0.3) is 5.91 Å². The molecule has 1 aromatic heterocycles. The maximum Gasteiger partial charge on any atom is 0.254 e. The molecule has 1 aliphatic heterocycles. The fourth-order valence-corrected chi connectivity index (χ4v) is 4.74. The molecule has 0 unspecified atom stereocenters. The van der Waals surface area contributed by atoms with Crippen molar-refractivity contribution in [2.45, 2.75) is 30.4 Å². The number of piperidine rings is 1. The average molecular weight is 457 g/mol. The molecule has 2 aromatic carbocycles. The van der Waals surface area contributed by atoms with E-state index in [1.165, 1.54) is 11.8 Å². The molecule has 32 heavy (non-hydrogen) atoms. The van der Waals surface area contributed by atoms with Crippen molar-refractivity contribution in [3.8, 4) is 0 Å². The highest BCUT2D eigenvalue weighted by Gasteiger charge is 2.30. The molecule has 0 aliphatic carbocycles. The molecule has 0 spiro atoms. The summed E-state index contributed by atoms with van der Waals surface area (Å²) < 4.78 is 32.7. The number of likely N-dealkylation sites (tertiary alicyclic amines) is 1. The van der Waals surface area contributed by atoms with E-state index >= 15 is 0 Å². The van der Waals surface area contributed by atoms with Gasteiger partial charge in [-0.3, -0.25) is 9.59 Å². The second kappa shape index (κ2) is 9.65. The van der Waals surface area contributed by atoms with Gasteiger partial charge < -0.3 is 9.42 Å². The largest absolute Gasteiger partial charge is 0.360 e. The van der Waals surface area contributed by atoms with Crippen LogP contribution in [0.25, 0.3) is 0 Å². The molecule has 1 aliphatic rings. The van der Waals surface area contributed by atoms with Gasteiger partial charge in [-0.15, -0.1) is 11.8 Å². The Hall–Kier alpha value is -3.00. The Balaban J connectivity index is 1.40. The number of rotatable bonds is 6. The van der Waals surface area contributed by atoms with E-state index in [1.807, 2.05) is 31.2 Å². The first-order chi connectivity index (χ1) is 15.4. The molecule has 3 aromatic rings. The van der Waals surface area contributed by atoms with Gasteiger partial charge in [-0.1, -0.05) is 17.3 Å². The number of hydrogen-bond acceptors (Lipinski definition) is 5. The number of ketones is 1. The van der Waals surface area contributed by atoms with E-state index in [4.69, 9.17) is 4.52 Å². The predicted molar refractivity (Wildman–Crippen MR) is 117 cm³/mol. The summed E-state index contributed by atoms with van der Waals surface area (Å²) >= 11 is 1.50. The summed E-state index contributed by atoms with van der Waals surface area (Å²) in [5, 5.41) is 3.88. The van der Waals surface area contributed by atoms with Crippen LogP contribution < -0.4 is 0 Å². The molecule has 0 radical (unpaired) electrons. The fourth-order valence-electron chi connectivity index (χ4n) is 3.82. The van der Waals surface area contributed by atoms with Crippen LogP contribution in [0.3, 0.4) is 0 Å². The summed E-state index contributed by atoms with van der Waals surface area (Å²) in [7, 11) is 0. The fraction of sp³-hybridized carbons (Fsp3) is 0.292. The van der Waals surface area contributed by atoms with E-state index in [2.05, 4.69) is 5.16 Å². The quantitative estimate of drug-likeness (QED) is 0.373. The van der Waals surface area contributed by atoms with Crippen molar-refractivity contribution < 1.29 is 22.9 Å². The van der Waals surface area contributed by atoms with Crippen LogP contribution in [0.15, 0.2) is 57.9 Å². The normalized spacial score (nSPS) is 14.5. The lowest BCUT2D eigenvalue weighted by molar-refractivity contribution is 0.0646. The van der Waals surface area contributed by atoms with Crippen molar-refractivity contribution in [1.29, 1.82) is 0 Å². The highest BCUT2D eigenvalue weighted by molar-refractivity contribution is 7.98. The zero-order chi connectivity index (χ0) is 22.7. The number of aryl methyl sites for hydroxylation is 1. The molecule has 0 N–H and O–H groups in total. The van der Waals surface area contributed by atoms with Crippen LogP contribution in [0.1, 0.15) is 45.0 Å². The number of thioether (sulfide) groups is 1. The molecular formula is C24H22F2N2O3S. The number of benzene rings is 2. The lowest BCUT2D eigenvalue weighted by Crippen LogP contribution is -2.40. The zero-order valence-electron chi connectivity index (χ0n) is 17.5. The lowest BCUT2D eigenvalue weighted by atomic mass is 9.88. The first kappa shape index (κ1) is 22.2. The minimum absolute atomic E-state index is 0.107. The molecule has 4 rings (SSSR count). The van der Waals surface area contributed by atoms with Crippen molar-refractivity contribution in [2.24, 2.45) is 5.92 Å². The minimum atomic E-state index is -0.720. The van der Waals surface area contributed by atoms with Crippen LogP contribution in [-0.2, 0) is 5.75 Å². The van der Waals surface area contributed by atoms with Crippen LogP contribution in [0.5, 0.6) is 0 Å². The number of amides is 1. The minimum Gasteiger partial charge on any atom is -0.360 e. The number of nitrogens with zero attached hydrogens (tertiary/aromatic N) is 2. The van der Waals surface area contributed by atoms with Crippen molar-refractivity contribution >= 4 is 23.5 Å². The molecule has 2 heterocycles. The van der Waals surface area contributed by atoms with E-state index < -0.39 is 23.3 Å².